The average Bonchev–Trinajstić information content (AvgIpc) is 2.90. The summed E-state index contributed by atoms with van der Waals surface area (Å²) in [6.07, 6.45) is -0.627. The number of para-hydroxylation sites is 2. The third-order valence-corrected chi connectivity index (χ3v) is 3.14. The van der Waals surface area contributed by atoms with Crippen LogP contribution in [0, 0.1) is 0 Å². The van der Waals surface area contributed by atoms with E-state index in [4.69, 9.17) is 4.74 Å². The molecule has 1 aliphatic heterocycles. The monoisotopic (exact) mass is 320 g/mol. The largest absolute Gasteiger partial charge is 0.418 e. The van der Waals surface area contributed by atoms with Crippen LogP contribution < -0.4 is 5.32 Å². The van der Waals surface area contributed by atoms with Crippen LogP contribution in [0.15, 0.2) is 69.8 Å². The molecule has 0 aliphatic carbocycles. The molecule has 1 aliphatic rings. The molecule has 0 radical (unpaired) electrons. The molecule has 1 amide bonds. The first-order valence-corrected chi connectivity index (χ1v) is 7.44. The van der Waals surface area contributed by atoms with E-state index in [1.165, 1.54) is 0 Å². The molecule has 3 rings (SSSR count). The first-order valence-electron chi connectivity index (χ1n) is 7.44. The summed E-state index contributed by atoms with van der Waals surface area (Å²) in [6, 6.07) is 16.5. The Labute approximate surface area is 139 Å². The van der Waals surface area contributed by atoms with E-state index < -0.39 is 6.09 Å². The number of nitrogens with one attached hydrogen (secondary N) is 1. The van der Waals surface area contributed by atoms with Crippen molar-refractivity contribution in [3.8, 4) is 0 Å². The summed E-state index contributed by atoms with van der Waals surface area (Å²) >= 11 is 0. The van der Waals surface area contributed by atoms with Crippen molar-refractivity contribution in [2.45, 2.75) is 13.8 Å². The van der Waals surface area contributed by atoms with Crippen molar-refractivity contribution in [1.82, 2.24) is 0 Å². The number of rotatable bonds is 2. The summed E-state index contributed by atoms with van der Waals surface area (Å²) in [5.74, 6) is 0.134. The molecular weight excluding hydrogens is 304 g/mol. The molecule has 0 saturated carbocycles. The fourth-order valence-corrected chi connectivity index (χ4v) is 2.12. The van der Waals surface area contributed by atoms with Crippen molar-refractivity contribution in [2.24, 2.45) is 15.2 Å². The van der Waals surface area contributed by atoms with Crippen LogP contribution in [0.1, 0.15) is 19.4 Å². The zero-order chi connectivity index (χ0) is 16.9. The van der Waals surface area contributed by atoms with E-state index in [1.807, 2.05) is 56.3 Å². The Bertz CT molecular complexity index is 850. The minimum Gasteiger partial charge on any atom is -0.389 e. The number of anilines is 1. The lowest BCUT2D eigenvalue weighted by Gasteiger charge is -2.06. The lowest BCUT2D eigenvalue weighted by Crippen LogP contribution is -2.23. The number of amides is 1. The molecule has 0 aromatic heterocycles. The fraction of sp³-hybridized carbons (Fsp3) is 0.111. The highest BCUT2D eigenvalue weighted by Crippen LogP contribution is 2.27. The van der Waals surface area contributed by atoms with E-state index >= 15 is 0 Å². The second-order valence-corrected chi connectivity index (χ2v) is 5.31. The van der Waals surface area contributed by atoms with Gasteiger partial charge in [0.1, 0.15) is 0 Å². The molecule has 1 N–H and O–H groups in total. The van der Waals surface area contributed by atoms with Crippen LogP contribution in [0.25, 0.3) is 0 Å². The van der Waals surface area contributed by atoms with E-state index in [2.05, 4.69) is 20.5 Å². The summed E-state index contributed by atoms with van der Waals surface area (Å²) in [6.45, 7) is 3.68. The standard InChI is InChI=1S/C18H16N4O2/c1-12(2)21-22-16-14-10-6-7-11-15(14)20-17(16)24-18(23)19-13-8-4-3-5-9-13/h3-11H,1-2H3,(H,19,23)/b22-16+. The molecule has 2 aromatic rings. The van der Waals surface area contributed by atoms with Gasteiger partial charge in [-0.25, -0.2) is 9.79 Å². The molecule has 0 unspecified atom stereocenters. The van der Waals surface area contributed by atoms with Gasteiger partial charge < -0.3 is 4.74 Å². The Kier molecular flexibility index (Phi) is 4.47. The molecule has 24 heavy (non-hydrogen) atoms. The molecule has 120 valence electrons. The van der Waals surface area contributed by atoms with Crippen molar-refractivity contribution >= 4 is 34.8 Å². The zero-order valence-corrected chi connectivity index (χ0v) is 13.4. The Morgan fingerprint density at radius 2 is 1.75 bits per heavy atom. The number of fused-ring (bicyclic) bond motifs is 1. The smallest absolute Gasteiger partial charge is 0.389 e. The van der Waals surface area contributed by atoms with Gasteiger partial charge >= 0.3 is 6.09 Å². The lowest BCUT2D eigenvalue weighted by molar-refractivity contribution is 0.213. The molecule has 0 spiro atoms. The Balaban J connectivity index is 1.82. The third-order valence-electron chi connectivity index (χ3n) is 3.14. The number of nitrogens with zero attached hydrogens (tertiary/aromatic N) is 3. The Morgan fingerprint density at radius 1 is 1.04 bits per heavy atom. The first-order chi connectivity index (χ1) is 11.6. The van der Waals surface area contributed by atoms with Crippen molar-refractivity contribution in [3.63, 3.8) is 0 Å². The Hall–Kier alpha value is -3.28. The zero-order valence-electron chi connectivity index (χ0n) is 13.4. The molecule has 0 bridgehead atoms. The number of benzene rings is 2. The predicted molar refractivity (Wildman–Crippen MR) is 95.4 cm³/mol. The van der Waals surface area contributed by atoms with Gasteiger partial charge in [-0.1, -0.05) is 36.4 Å². The van der Waals surface area contributed by atoms with Crippen LogP contribution in [-0.4, -0.2) is 23.4 Å². The van der Waals surface area contributed by atoms with Crippen LogP contribution in [0.5, 0.6) is 0 Å². The van der Waals surface area contributed by atoms with Gasteiger partial charge in [0.2, 0.25) is 0 Å². The van der Waals surface area contributed by atoms with Crippen LogP contribution in [0.4, 0.5) is 16.2 Å². The van der Waals surface area contributed by atoms with Gasteiger partial charge in [0, 0.05) is 17.0 Å². The molecule has 1 heterocycles. The molecule has 0 saturated heterocycles. The molecule has 6 heteroatoms. The van der Waals surface area contributed by atoms with Crippen LogP contribution in [0.3, 0.4) is 0 Å². The number of carbonyl (C=O) groups excluding carboxylic acids is 1. The van der Waals surface area contributed by atoms with Gasteiger partial charge in [-0.3, -0.25) is 5.32 Å². The van der Waals surface area contributed by atoms with Crippen LogP contribution in [-0.2, 0) is 4.74 Å². The summed E-state index contributed by atoms with van der Waals surface area (Å²) < 4.78 is 5.34. The van der Waals surface area contributed by atoms with Crippen molar-refractivity contribution < 1.29 is 9.53 Å². The van der Waals surface area contributed by atoms with Crippen molar-refractivity contribution in [2.75, 3.05) is 5.32 Å². The second kappa shape index (κ2) is 6.87. The molecule has 6 nitrogen and oxygen atoms in total. The highest BCUT2D eigenvalue weighted by molar-refractivity contribution is 6.50. The first kappa shape index (κ1) is 15.6. The van der Waals surface area contributed by atoms with Crippen LogP contribution >= 0.6 is 0 Å². The van der Waals surface area contributed by atoms with Crippen molar-refractivity contribution in [1.29, 1.82) is 0 Å². The SMILES string of the molecule is CC(C)=N/N=C1/C(OC(=O)Nc2ccccc2)=Nc2ccccc21. The van der Waals surface area contributed by atoms with Crippen LogP contribution in [0.2, 0.25) is 0 Å². The van der Waals surface area contributed by atoms with Gasteiger partial charge in [0.05, 0.1) is 5.69 Å². The fourth-order valence-electron chi connectivity index (χ4n) is 2.12. The minimum absolute atomic E-state index is 0.134. The highest BCUT2D eigenvalue weighted by atomic mass is 16.6. The number of ether oxygens (including phenoxy) is 1. The average molecular weight is 320 g/mol. The summed E-state index contributed by atoms with van der Waals surface area (Å²) in [5, 5.41) is 10.9. The van der Waals surface area contributed by atoms with Gasteiger partial charge in [0.25, 0.3) is 5.90 Å². The minimum atomic E-state index is -0.627. The van der Waals surface area contributed by atoms with E-state index in [-0.39, 0.29) is 5.90 Å². The number of aliphatic imine (C=N–C) groups is 1. The summed E-state index contributed by atoms with van der Waals surface area (Å²) in [7, 11) is 0. The van der Waals surface area contributed by atoms with E-state index in [0.717, 1.165) is 11.3 Å². The predicted octanol–water partition coefficient (Wildman–Crippen LogP) is 4.16. The maximum Gasteiger partial charge on any atom is 0.418 e. The van der Waals surface area contributed by atoms with Crippen molar-refractivity contribution in [3.05, 3.63) is 60.2 Å². The molecule has 0 fully saturated rings. The topological polar surface area (TPSA) is 75.4 Å². The maximum absolute atomic E-state index is 12.1. The second-order valence-electron chi connectivity index (χ2n) is 5.31. The lowest BCUT2D eigenvalue weighted by atomic mass is 10.1. The van der Waals surface area contributed by atoms with E-state index in [1.54, 1.807) is 12.1 Å². The summed E-state index contributed by atoms with van der Waals surface area (Å²) in [4.78, 5) is 16.4. The van der Waals surface area contributed by atoms with Gasteiger partial charge in [-0.2, -0.15) is 5.10 Å². The number of carbonyl (C=O) groups is 1. The summed E-state index contributed by atoms with van der Waals surface area (Å²) in [5.41, 5.74) is 3.35. The van der Waals surface area contributed by atoms with E-state index in [9.17, 15) is 4.79 Å². The number of hydrogen-bond donors (Lipinski definition) is 1. The van der Waals surface area contributed by atoms with Gasteiger partial charge in [-0.05, 0) is 32.0 Å². The maximum atomic E-state index is 12.1. The third kappa shape index (κ3) is 3.55. The molecule has 2 aromatic carbocycles. The van der Waals surface area contributed by atoms with Gasteiger partial charge in [0.15, 0.2) is 5.71 Å². The normalized spacial score (nSPS) is 13.9. The molecule has 0 atom stereocenters. The quantitative estimate of drug-likeness (QED) is 0.666. The molecular formula is C18H16N4O2. The highest BCUT2D eigenvalue weighted by Gasteiger charge is 2.26. The number of hydrogen-bond acceptors (Lipinski definition) is 5. The Morgan fingerprint density at radius 3 is 2.50 bits per heavy atom. The van der Waals surface area contributed by atoms with Gasteiger partial charge in [-0.15, -0.1) is 5.10 Å². The van der Waals surface area contributed by atoms with E-state index in [0.29, 0.717) is 17.1 Å².